The molecule has 1 fully saturated rings. The van der Waals surface area contributed by atoms with E-state index in [0.29, 0.717) is 12.8 Å². The number of thiazole rings is 1. The van der Waals surface area contributed by atoms with Crippen LogP contribution in [0.1, 0.15) is 16.3 Å². The van der Waals surface area contributed by atoms with E-state index in [9.17, 15) is 18.3 Å². The molecular weight excluding hydrogens is 274 g/mol. The molecule has 0 amide bonds. The first kappa shape index (κ1) is 13.5. The van der Waals surface area contributed by atoms with E-state index in [2.05, 4.69) is 4.98 Å². The van der Waals surface area contributed by atoms with Crippen molar-refractivity contribution < 1.29 is 18.3 Å². The van der Waals surface area contributed by atoms with Gasteiger partial charge in [-0.3, -0.25) is 4.79 Å². The van der Waals surface area contributed by atoms with Gasteiger partial charge in [-0.1, -0.05) is 0 Å². The van der Waals surface area contributed by atoms with Gasteiger partial charge in [-0.05, 0) is 25.7 Å². The Balaban J connectivity index is 2.12. The van der Waals surface area contributed by atoms with Crippen molar-refractivity contribution in [2.24, 2.45) is 11.8 Å². The van der Waals surface area contributed by atoms with Crippen molar-refractivity contribution in [1.82, 2.24) is 4.98 Å². The smallest absolute Gasteiger partial charge is 0.307 e. The Bertz CT molecular complexity index is 549. The Morgan fingerprint density at radius 1 is 1.67 bits per heavy atom. The van der Waals surface area contributed by atoms with Crippen LogP contribution in [0.2, 0.25) is 0 Å². The van der Waals surface area contributed by atoms with Crippen molar-refractivity contribution in [3.8, 4) is 0 Å². The molecule has 2 atom stereocenters. The van der Waals surface area contributed by atoms with Crippen molar-refractivity contribution in [3.63, 3.8) is 0 Å². The number of aliphatic carboxylic acids is 1. The molecule has 1 aliphatic rings. The molecule has 0 aromatic carbocycles. The van der Waals surface area contributed by atoms with Crippen LogP contribution >= 0.6 is 11.3 Å². The summed E-state index contributed by atoms with van der Waals surface area (Å²) in [5, 5.41) is 10.2. The van der Waals surface area contributed by atoms with Crippen LogP contribution in [0.3, 0.4) is 0 Å². The summed E-state index contributed by atoms with van der Waals surface area (Å²) in [6.45, 7) is 1.87. The highest BCUT2D eigenvalue weighted by Gasteiger charge is 2.37. The summed E-state index contributed by atoms with van der Waals surface area (Å²) < 4.78 is 22.8. The predicted octanol–water partition coefficient (Wildman–Crippen LogP) is 1.13. The van der Waals surface area contributed by atoms with E-state index >= 15 is 0 Å². The van der Waals surface area contributed by atoms with Gasteiger partial charge in [0.1, 0.15) is 0 Å². The molecule has 1 saturated heterocycles. The second-order valence-electron chi connectivity index (χ2n) is 4.66. The van der Waals surface area contributed by atoms with Crippen LogP contribution in [0.5, 0.6) is 0 Å². The Kier molecular flexibility index (Phi) is 3.72. The van der Waals surface area contributed by atoms with E-state index in [1.807, 2.05) is 6.92 Å². The van der Waals surface area contributed by atoms with Crippen molar-refractivity contribution >= 4 is 27.1 Å². The number of nitrogens with zero attached hydrogens (tertiary/aromatic N) is 1. The van der Waals surface area contributed by atoms with Crippen LogP contribution in [-0.4, -0.2) is 36.0 Å². The lowest BCUT2D eigenvalue weighted by atomic mass is 9.89. The maximum atomic E-state index is 11.4. The third-order valence-electron chi connectivity index (χ3n) is 3.24. The van der Waals surface area contributed by atoms with Gasteiger partial charge in [0.25, 0.3) is 0 Å². The molecule has 0 saturated carbocycles. The lowest BCUT2D eigenvalue weighted by Crippen LogP contribution is -2.26. The first-order valence-corrected chi connectivity index (χ1v) is 8.36. The second-order valence-corrected chi connectivity index (χ2v) is 8.21. The number of sulfone groups is 1. The van der Waals surface area contributed by atoms with E-state index in [0.717, 1.165) is 9.88 Å². The Labute approximate surface area is 110 Å². The van der Waals surface area contributed by atoms with Gasteiger partial charge in [-0.2, -0.15) is 0 Å². The first-order chi connectivity index (χ1) is 8.37. The number of aromatic nitrogens is 1. The molecule has 1 aromatic rings. The fourth-order valence-corrected chi connectivity index (χ4v) is 5.05. The van der Waals surface area contributed by atoms with Crippen LogP contribution in [0.4, 0.5) is 0 Å². The van der Waals surface area contributed by atoms with E-state index in [1.165, 1.54) is 11.3 Å². The molecule has 5 nitrogen and oxygen atoms in total. The monoisotopic (exact) mass is 289 g/mol. The zero-order chi connectivity index (χ0) is 13.3. The van der Waals surface area contributed by atoms with Gasteiger partial charge in [0.2, 0.25) is 0 Å². The summed E-state index contributed by atoms with van der Waals surface area (Å²) in [5.41, 5.74) is 0. The second kappa shape index (κ2) is 4.97. The Morgan fingerprint density at radius 2 is 2.39 bits per heavy atom. The number of carboxylic acid groups (broad SMARTS) is 1. The van der Waals surface area contributed by atoms with Gasteiger partial charge in [-0.15, -0.1) is 11.3 Å². The molecular formula is C11H15NO4S2. The largest absolute Gasteiger partial charge is 0.481 e. The number of rotatable bonds is 4. The SMILES string of the molecule is Cc1ncc(CC(C(=O)O)C2CCS(=O)(=O)C2)s1. The summed E-state index contributed by atoms with van der Waals surface area (Å²) >= 11 is 1.47. The molecule has 0 aliphatic carbocycles. The quantitative estimate of drug-likeness (QED) is 0.898. The number of hydrogen-bond acceptors (Lipinski definition) is 5. The van der Waals surface area contributed by atoms with Gasteiger partial charge < -0.3 is 5.11 Å². The molecule has 0 spiro atoms. The molecule has 100 valence electrons. The van der Waals surface area contributed by atoms with Gasteiger partial charge in [0.15, 0.2) is 9.84 Å². The fraction of sp³-hybridized carbons (Fsp3) is 0.636. The molecule has 7 heteroatoms. The minimum Gasteiger partial charge on any atom is -0.481 e. The van der Waals surface area contributed by atoms with Crippen molar-refractivity contribution in [2.75, 3.05) is 11.5 Å². The summed E-state index contributed by atoms with van der Waals surface area (Å²) in [6.07, 6.45) is 2.51. The normalized spacial score (nSPS) is 23.9. The summed E-state index contributed by atoms with van der Waals surface area (Å²) in [5.74, 6) is -1.69. The van der Waals surface area contributed by atoms with Crippen molar-refractivity contribution in [2.45, 2.75) is 19.8 Å². The minimum atomic E-state index is -3.04. The molecule has 18 heavy (non-hydrogen) atoms. The van der Waals surface area contributed by atoms with Crippen LogP contribution in [0, 0.1) is 18.8 Å². The third-order valence-corrected chi connectivity index (χ3v) is 5.97. The molecule has 2 heterocycles. The number of carboxylic acids is 1. The van der Waals surface area contributed by atoms with Gasteiger partial charge in [-0.25, -0.2) is 13.4 Å². The molecule has 2 rings (SSSR count). The third kappa shape index (κ3) is 3.08. The predicted molar refractivity (Wildman–Crippen MR) is 68.4 cm³/mol. The maximum absolute atomic E-state index is 11.4. The number of hydrogen-bond donors (Lipinski definition) is 1. The number of aryl methyl sites for hydroxylation is 1. The zero-order valence-corrected chi connectivity index (χ0v) is 11.6. The highest BCUT2D eigenvalue weighted by molar-refractivity contribution is 7.91. The van der Waals surface area contributed by atoms with Crippen LogP contribution in [0.25, 0.3) is 0 Å². The zero-order valence-electron chi connectivity index (χ0n) is 10.00. The van der Waals surface area contributed by atoms with Gasteiger partial charge in [0.05, 0.1) is 22.4 Å². The highest BCUT2D eigenvalue weighted by atomic mass is 32.2. The number of carbonyl (C=O) groups is 1. The lowest BCUT2D eigenvalue weighted by molar-refractivity contribution is -0.143. The van der Waals surface area contributed by atoms with Crippen LogP contribution < -0.4 is 0 Å². The topological polar surface area (TPSA) is 84.3 Å². The maximum Gasteiger partial charge on any atom is 0.307 e. The average molecular weight is 289 g/mol. The fourth-order valence-electron chi connectivity index (χ4n) is 2.31. The summed E-state index contributed by atoms with van der Waals surface area (Å²) in [4.78, 5) is 16.3. The molecule has 1 N–H and O–H groups in total. The highest BCUT2D eigenvalue weighted by Crippen LogP contribution is 2.30. The van der Waals surface area contributed by atoms with E-state index in [1.54, 1.807) is 6.20 Å². The molecule has 1 aliphatic heterocycles. The van der Waals surface area contributed by atoms with E-state index in [-0.39, 0.29) is 17.4 Å². The van der Waals surface area contributed by atoms with E-state index in [4.69, 9.17) is 0 Å². The standard InChI is InChI=1S/C11H15NO4S2/c1-7-12-5-9(17-7)4-10(11(13)14)8-2-3-18(15,16)6-8/h5,8,10H,2-4,6H2,1H3,(H,13,14). The van der Waals surface area contributed by atoms with Crippen molar-refractivity contribution in [1.29, 1.82) is 0 Å². The Hall–Kier alpha value is -0.950. The Morgan fingerprint density at radius 3 is 2.83 bits per heavy atom. The summed E-state index contributed by atoms with van der Waals surface area (Å²) in [6, 6.07) is 0. The average Bonchev–Trinajstić information content (AvgIpc) is 2.81. The first-order valence-electron chi connectivity index (χ1n) is 5.72. The molecule has 0 bridgehead atoms. The van der Waals surface area contributed by atoms with Gasteiger partial charge in [0, 0.05) is 11.1 Å². The van der Waals surface area contributed by atoms with E-state index < -0.39 is 21.7 Å². The van der Waals surface area contributed by atoms with Gasteiger partial charge >= 0.3 is 5.97 Å². The van der Waals surface area contributed by atoms with Crippen LogP contribution in [0.15, 0.2) is 6.20 Å². The van der Waals surface area contributed by atoms with Crippen molar-refractivity contribution in [3.05, 3.63) is 16.1 Å². The molecule has 2 unspecified atom stereocenters. The minimum absolute atomic E-state index is 0.00174. The van der Waals surface area contributed by atoms with Crippen LogP contribution in [-0.2, 0) is 21.1 Å². The molecule has 1 aromatic heterocycles. The lowest BCUT2D eigenvalue weighted by Gasteiger charge is -2.16. The molecule has 0 radical (unpaired) electrons. The summed E-state index contributed by atoms with van der Waals surface area (Å²) in [7, 11) is -3.04.